The highest BCUT2D eigenvalue weighted by Crippen LogP contribution is 2.29. The number of aliphatic hydroxyl groups is 1. The van der Waals surface area contributed by atoms with Gasteiger partial charge in [0.2, 0.25) is 5.91 Å². The predicted octanol–water partition coefficient (Wildman–Crippen LogP) is 0.677. The fraction of sp³-hybridized carbons (Fsp3) is 0.875. The van der Waals surface area contributed by atoms with Crippen molar-refractivity contribution in [1.82, 2.24) is 4.90 Å². The molecule has 0 aromatic carbocycles. The van der Waals surface area contributed by atoms with E-state index < -0.39 is 6.23 Å². The molecule has 70 valence electrons. The van der Waals surface area contributed by atoms with Crippen molar-refractivity contribution in [2.75, 3.05) is 7.05 Å². The number of hydrogen-bond donors (Lipinski definition) is 1. The van der Waals surface area contributed by atoms with Crippen molar-refractivity contribution >= 4 is 17.7 Å². The third-order valence-corrected chi connectivity index (χ3v) is 3.20. The molecule has 1 fully saturated rings. The van der Waals surface area contributed by atoms with E-state index in [1.54, 1.807) is 18.8 Å². The summed E-state index contributed by atoms with van der Waals surface area (Å²) in [6, 6.07) is 0. The molecule has 0 spiro atoms. The summed E-state index contributed by atoms with van der Waals surface area (Å²) in [5, 5.41) is 9.75. The quantitative estimate of drug-likeness (QED) is 0.694. The van der Waals surface area contributed by atoms with Crippen LogP contribution in [0, 0.1) is 0 Å². The first kappa shape index (κ1) is 9.86. The van der Waals surface area contributed by atoms with Gasteiger partial charge in [-0.2, -0.15) is 0 Å². The van der Waals surface area contributed by atoms with Crippen LogP contribution in [0.2, 0.25) is 0 Å². The van der Waals surface area contributed by atoms with Gasteiger partial charge in [-0.3, -0.25) is 4.79 Å². The average molecular weight is 189 g/mol. The van der Waals surface area contributed by atoms with Crippen LogP contribution in [-0.2, 0) is 4.79 Å². The maximum Gasteiger partial charge on any atom is 0.237 e. The molecule has 0 saturated carbocycles. The van der Waals surface area contributed by atoms with Gasteiger partial charge in [0.25, 0.3) is 0 Å². The van der Waals surface area contributed by atoms with Crippen molar-refractivity contribution in [3.63, 3.8) is 0 Å². The number of nitrogens with zero attached hydrogens (tertiary/aromatic N) is 1. The lowest BCUT2D eigenvalue weighted by atomic mass is 10.3. The molecule has 1 amide bonds. The first-order chi connectivity index (χ1) is 5.52. The van der Waals surface area contributed by atoms with Gasteiger partial charge >= 0.3 is 0 Å². The van der Waals surface area contributed by atoms with E-state index in [-0.39, 0.29) is 11.2 Å². The molecule has 0 aromatic heterocycles. The van der Waals surface area contributed by atoms with Crippen molar-refractivity contribution in [3.05, 3.63) is 0 Å². The van der Waals surface area contributed by atoms with Crippen LogP contribution in [0.3, 0.4) is 0 Å². The highest BCUT2D eigenvalue weighted by atomic mass is 32.2. The molecule has 0 radical (unpaired) electrons. The molecule has 0 aliphatic carbocycles. The molecular formula is C8H15NO2S. The Kier molecular flexibility index (Phi) is 3.01. The van der Waals surface area contributed by atoms with Crippen LogP contribution in [0.5, 0.6) is 0 Å². The Morgan fingerprint density at radius 1 is 1.67 bits per heavy atom. The Hall–Kier alpha value is -0.220. The normalized spacial score (nSPS) is 30.4. The van der Waals surface area contributed by atoms with Crippen LogP contribution in [-0.4, -0.2) is 39.7 Å². The predicted molar refractivity (Wildman–Crippen MR) is 49.9 cm³/mol. The minimum absolute atomic E-state index is 0.0370. The molecule has 2 unspecified atom stereocenters. The average Bonchev–Trinajstić information content (AvgIpc) is 2.17. The third-order valence-electron chi connectivity index (χ3n) is 1.93. The Bertz CT molecular complexity index is 182. The van der Waals surface area contributed by atoms with E-state index >= 15 is 0 Å². The number of thioether (sulfide) groups is 1. The molecule has 1 heterocycles. The van der Waals surface area contributed by atoms with Gasteiger partial charge in [-0.15, -0.1) is 11.8 Å². The SMILES string of the molecule is CC(C)SC1CC(O)N(C)C1=O. The largest absolute Gasteiger partial charge is 0.373 e. The molecule has 1 aliphatic rings. The topological polar surface area (TPSA) is 40.5 Å². The van der Waals surface area contributed by atoms with E-state index in [1.165, 1.54) is 4.90 Å². The number of carbonyl (C=O) groups is 1. The van der Waals surface area contributed by atoms with Gasteiger partial charge in [0, 0.05) is 13.5 Å². The summed E-state index contributed by atoms with van der Waals surface area (Å²) < 4.78 is 0. The van der Waals surface area contributed by atoms with Crippen molar-refractivity contribution in [3.8, 4) is 0 Å². The lowest BCUT2D eigenvalue weighted by Gasteiger charge is -2.13. The summed E-state index contributed by atoms with van der Waals surface area (Å²) in [5.74, 6) is 0.0567. The number of likely N-dealkylation sites (tertiary alicyclic amines) is 1. The number of amides is 1. The van der Waals surface area contributed by atoms with Crippen LogP contribution in [0.4, 0.5) is 0 Å². The highest BCUT2D eigenvalue weighted by Gasteiger charge is 2.36. The lowest BCUT2D eigenvalue weighted by Crippen LogP contribution is -2.29. The maximum atomic E-state index is 11.4. The fourth-order valence-corrected chi connectivity index (χ4v) is 2.49. The monoisotopic (exact) mass is 189 g/mol. The second-order valence-corrected chi connectivity index (χ2v) is 5.12. The Morgan fingerprint density at radius 3 is 2.58 bits per heavy atom. The molecule has 12 heavy (non-hydrogen) atoms. The Balaban J connectivity index is 2.53. The Labute approximate surface area is 77.1 Å². The molecular weight excluding hydrogens is 174 g/mol. The van der Waals surface area contributed by atoms with E-state index in [9.17, 15) is 9.90 Å². The molecule has 1 rings (SSSR count). The van der Waals surface area contributed by atoms with Gasteiger partial charge in [0.05, 0.1) is 5.25 Å². The van der Waals surface area contributed by atoms with Crippen molar-refractivity contribution in [2.45, 2.75) is 37.0 Å². The molecule has 0 bridgehead atoms. The summed E-state index contributed by atoms with van der Waals surface area (Å²) >= 11 is 1.63. The summed E-state index contributed by atoms with van der Waals surface area (Å²) in [7, 11) is 1.65. The Morgan fingerprint density at radius 2 is 2.25 bits per heavy atom. The highest BCUT2D eigenvalue weighted by molar-refractivity contribution is 8.01. The maximum absolute atomic E-state index is 11.4. The summed E-state index contributed by atoms with van der Waals surface area (Å²) in [5.41, 5.74) is 0. The molecule has 1 aliphatic heterocycles. The zero-order valence-electron chi connectivity index (χ0n) is 7.65. The van der Waals surface area contributed by atoms with Gasteiger partial charge in [-0.1, -0.05) is 13.8 Å². The van der Waals surface area contributed by atoms with Crippen LogP contribution in [0.1, 0.15) is 20.3 Å². The fourth-order valence-electron chi connectivity index (χ4n) is 1.27. The summed E-state index contributed by atoms with van der Waals surface area (Å²) in [6.07, 6.45) is -0.00759. The van der Waals surface area contributed by atoms with Gasteiger partial charge in [0.15, 0.2) is 0 Å². The minimum Gasteiger partial charge on any atom is -0.373 e. The summed E-state index contributed by atoms with van der Waals surface area (Å²) in [6.45, 7) is 4.12. The van der Waals surface area contributed by atoms with E-state index in [1.807, 2.05) is 0 Å². The molecule has 4 heteroatoms. The van der Waals surface area contributed by atoms with Gasteiger partial charge in [-0.05, 0) is 5.25 Å². The first-order valence-electron chi connectivity index (χ1n) is 4.12. The standard InChI is InChI=1S/C8H15NO2S/c1-5(2)12-6-4-7(10)9(3)8(6)11/h5-7,10H,4H2,1-3H3. The first-order valence-corrected chi connectivity index (χ1v) is 5.07. The minimum atomic E-state index is -0.575. The van der Waals surface area contributed by atoms with E-state index in [2.05, 4.69) is 13.8 Å². The van der Waals surface area contributed by atoms with Crippen LogP contribution in [0.25, 0.3) is 0 Å². The number of rotatable bonds is 2. The second kappa shape index (κ2) is 3.66. The molecule has 1 saturated heterocycles. The number of hydrogen-bond acceptors (Lipinski definition) is 3. The van der Waals surface area contributed by atoms with Crippen molar-refractivity contribution in [2.24, 2.45) is 0 Å². The van der Waals surface area contributed by atoms with Gasteiger partial charge < -0.3 is 10.0 Å². The zero-order chi connectivity index (χ0) is 9.30. The van der Waals surface area contributed by atoms with Gasteiger partial charge in [0.1, 0.15) is 6.23 Å². The zero-order valence-corrected chi connectivity index (χ0v) is 8.47. The number of carbonyl (C=O) groups excluding carboxylic acids is 1. The molecule has 0 aromatic rings. The summed E-state index contributed by atoms with van der Waals surface area (Å²) in [4.78, 5) is 12.8. The third kappa shape index (κ3) is 1.93. The van der Waals surface area contributed by atoms with Crippen molar-refractivity contribution < 1.29 is 9.90 Å². The van der Waals surface area contributed by atoms with Crippen LogP contribution < -0.4 is 0 Å². The van der Waals surface area contributed by atoms with Gasteiger partial charge in [-0.25, -0.2) is 0 Å². The van der Waals surface area contributed by atoms with Crippen LogP contribution >= 0.6 is 11.8 Å². The van der Waals surface area contributed by atoms with E-state index in [0.717, 1.165) is 0 Å². The van der Waals surface area contributed by atoms with E-state index in [4.69, 9.17) is 0 Å². The lowest BCUT2D eigenvalue weighted by molar-refractivity contribution is -0.130. The molecule has 1 N–H and O–H groups in total. The van der Waals surface area contributed by atoms with Crippen molar-refractivity contribution in [1.29, 1.82) is 0 Å². The number of aliphatic hydroxyl groups excluding tert-OH is 1. The smallest absolute Gasteiger partial charge is 0.237 e. The molecule has 3 nitrogen and oxygen atoms in total. The molecule has 2 atom stereocenters. The van der Waals surface area contributed by atoms with Crippen LogP contribution in [0.15, 0.2) is 0 Å². The second-order valence-electron chi connectivity index (χ2n) is 3.34. The van der Waals surface area contributed by atoms with E-state index in [0.29, 0.717) is 11.7 Å².